The Bertz CT molecular complexity index is 821. The number of hydrogen-bond acceptors (Lipinski definition) is 7. The van der Waals surface area contributed by atoms with Gasteiger partial charge in [0.1, 0.15) is 5.01 Å². The number of hydrogen-bond donors (Lipinski definition) is 1. The van der Waals surface area contributed by atoms with Crippen LogP contribution in [0.15, 0.2) is 0 Å². The van der Waals surface area contributed by atoms with Gasteiger partial charge in [0.2, 0.25) is 5.13 Å². The van der Waals surface area contributed by atoms with Gasteiger partial charge in [0.25, 0.3) is 5.91 Å². The summed E-state index contributed by atoms with van der Waals surface area (Å²) in [6, 6.07) is 0. The molecule has 112 valence electrons. The Morgan fingerprint density at radius 1 is 1.38 bits per heavy atom. The maximum Gasteiger partial charge on any atom is 0.278 e. The molecule has 1 aliphatic heterocycles. The lowest BCUT2D eigenvalue weighted by Crippen LogP contribution is -2.22. The quantitative estimate of drug-likeness (QED) is 0.850. The van der Waals surface area contributed by atoms with Crippen LogP contribution in [0.4, 0.5) is 5.13 Å². The largest absolute Gasteiger partial charge is 0.295 e. The van der Waals surface area contributed by atoms with E-state index in [1.54, 1.807) is 18.7 Å². The van der Waals surface area contributed by atoms with Gasteiger partial charge in [0.05, 0.1) is 11.5 Å². The second-order valence-electron chi connectivity index (χ2n) is 4.82. The second kappa shape index (κ2) is 4.88. The molecule has 0 fully saturated rings. The van der Waals surface area contributed by atoms with Gasteiger partial charge >= 0.3 is 0 Å². The predicted octanol–water partition coefficient (Wildman–Crippen LogP) is 0.303. The molecular formula is C11H13N5O3S2. The smallest absolute Gasteiger partial charge is 0.278 e. The summed E-state index contributed by atoms with van der Waals surface area (Å²) in [5.74, 6) is -0.510. The first kappa shape index (κ1) is 14.1. The zero-order chi connectivity index (χ0) is 15.2. The number of aromatic nitrogens is 4. The minimum Gasteiger partial charge on any atom is -0.295 e. The van der Waals surface area contributed by atoms with E-state index in [1.165, 1.54) is 11.3 Å². The average molecular weight is 327 g/mol. The van der Waals surface area contributed by atoms with Crippen LogP contribution >= 0.6 is 11.3 Å². The molecule has 0 aliphatic carbocycles. The fourth-order valence-corrected chi connectivity index (χ4v) is 4.28. The first-order valence-corrected chi connectivity index (χ1v) is 8.86. The Balaban J connectivity index is 1.94. The molecule has 2 aromatic heterocycles. The zero-order valence-electron chi connectivity index (χ0n) is 11.5. The maximum atomic E-state index is 12.3. The lowest BCUT2D eigenvalue weighted by atomic mass is 10.1. The number of carbonyl (C=O) groups is 1. The summed E-state index contributed by atoms with van der Waals surface area (Å²) in [6.07, 6.45) is 0.381. The molecule has 1 aliphatic rings. The number of amides is 1. The van der Waals surface area contributed by atoms with E-state index in [0.29, 0.717) is 17.1 Å². The third kappa shape index (κ3) is 2.68. The van der Waals surface area contributed by atoms with Gasteiger partial charge < -0.3 is 0 Å². The fourth-order valence-electron chi connectivity index (χ4n) is 2.30. The molecule has 0 saturated carbocycles. The van der Waals surface area contributed by atoms with E-state index in [-0.39, 0.29) is 17.2 Å². The summed E-state index contributed by atoms with van der Waals surface area (Å²) < 4.78 is 25.1. The Morgan fingerprint density at radius 2 is 2.14 bits per heavy atom. The van der Waals surface area contributed by atoms with Gasteiger partial charge in [-0.1, -0.05) is 11.3 Å². The van der Waals surface area contributed by atoms with Gasteiger partial charge in [0.15, 0.2) is 15.5 Å². The minimum atomic E-state index is -3.17. The molecule has 0 aromatic carbocycles. The number of nitrogens with one attached hydrogen (secondary N) is 1. The molecule has 21 heavy (non-hydrogen) atoms. The standard InChI is InChI=1S/C11H13N5O3S2/c1-6-13-14-11(20-6)12-10(17)9-7-5-21(18,19)4-3-8(7)16(2)15-9/h3-5H2,1-2H3,(H,12,14,17). The molecule has 0 bridgehead atoms. The van der Waals surface area contributed by atoms with Crippen molar-refractivity contribution in [2.75, 3.05) is 11.1 Å². The van der Waals surface area contributed by atoms with Crippen LogP contribution in [0.3, 0.4) is 0 Å². The van der Waals surface area contributed by atoms with E-state index in [2.05, 4.69) is 20.6 Å². The van der Waals surface area contributed by atoms with Crippen LogP contribution in [0.5, 0.6) is 0 Å². The van der Waals surface area contributed by atoms with Crippen LogP contribution in [0.25, 0.3) is 0 Å². The third-order valence-corrected chi connectivity index (χ3v) is 5.56. The van der Waals surface area contributed by atoms with E-state index in [4.69, 9.17) is 0 Å². The first-order valence-electron chi connectivity index (χ1n) is 6.22. The van der Waals surface area contributed by atoms with Crippen LogP contribution in [0.2, 0.25) is 0 Å². The van der Waals surface area contributed by atoms with Crippen molar-refractivity contribution in [3.63, 3.8) is 0 Å². The zero-order valence-corrected chi connectivity index (χ0v) is 13.1. The van der Waals surface area contributed by atoms with Crippen molar-refractivity contribution < 1.29 is 13.2 Å². The predicted molar refractivity (Wildman–Crippen MR) is 77.0 cm³/mol. The van der Waals surface area contributed by atoms with Crippen molar-refractivity contribution in [2.24, 2.45) is 7.05 Å². The third-order valence-electron chi connectivity index (χ3n) is 3.25. The summed E-state index contributed by atoms with van der Waals surface area (Å²) in [6.45, 7) is 1.78. The van der Waals surface area contributed by atoms with E-state index < -0.39 is 15.7 Å². The summed E-state index contributed by atoms with van der Waals surface area (Å²) >= 11 is 1.25. The fraction of sp³-hybridized carbons (Fsp3) is 0.455. The number of sulfone groups is 1. The van der Waals surface area contributed by atoms with Crippen molar-refractivity contribution in [3.8, 4) is 0 Å². The van der Waals surface area contributed by atoms with Crippen LogP contribution < -0.4 is 5.32 Å². The monoisotopic (exact) mass is 327 g/mol. The van der Waals surface area contributed by atoms with Crippen molar-refractivity contribution in [1.29, 1.82) is 0 Å². The molecule has 0 unspecified atom stereocenters. The van der Waals surface area contributed by atoms with Gasteiger partial charge in [0, 0.05) is 24.7 Å². The van der Waals surface area contributed by atoms with E-state index >= 15 is 0 Å². The number of fused-ring (bicyclic) bond motifs is 1. The molecule has 3 rings (SSSR count). The summed E-state index contributed by atoms with van der Waals surface area (Å²) in [4.78, 5) is 12.3. The van der Waals surface area contributed by atoms with Crippen LogP contribution in [0, 0.1) is 6.92 Å². The molecule has 0 spiro atoms. The second-order valence-corrected chi connectivity index (χ2v) is 8.19. The van der Waals surface area contributed by atoms with Crippen molar-refractivity contribution >= 4 is 32.2 Å². The minimum absolute atomic E-state index is 0.0934. The molecule has 0 atom stereocenters. The Hall–Kier alpha value is -1.81. The molecule has 0 saturated heterocycles. The number of rotatable bonds is 2. The van der Waals surface area contributed by atoms with Gasteiger partial charge in [-0.2, -0.15) is 5.10 Å². The molecule has 8 nitrogen and oxygen atoms in total. The molecular weight excluding hydrogens is 314 g/mol. The number of anilines is 1. The molecule has 2 aromatic rings. The van der Waals surface area contributed by atoms with Crippen LogP contribution in [-0.2, 0) is 29.1 Å². The van der Waals surface area contributed by atoms with Crippen molar-refractivity contribution in [2.45, 2.75) is 19.1 Å². The topological polar surface area (TPSA) is 107 Å². The van der Waals surface area contributed by atoms with E-state index in [1.807, 2.05) is 0 Å². The lowest BCUT2D eigenvalue weighted by Gasteiger charge is -2.13. The van der Waals surface area contributed by atoms with E-state index in [0.717, 1.165) is 10.7 Å². The van der Waals surface area contributed by atoms with Crippen molar-refractivity contribution in [3.05, 3.63) is 22.0 Å². The van der Waals surface area contributed by atoms with Crippen molar-refractivity contribution in [1.82, 2.24) is 20.0 Å². The number of nitrogens with zero attached hydrogens (tertiary/aromatic N) is 4. The molecule has 0 radical (unpaired) electrons. The molecule has 3 heterocycles. The maximum absolute atomic E-state index is 12.3. The summed E-state index contributed by atoms with van der Waals surface area (Å²) in [5.41, 5.74) is 1.43. The number of aryl methyl sites for hydroxylation is 2. The Kier molecular flexibility index (Phi) is 3.29. The average Bonchev–Trinajstić information content (AvgIpc) is 2.92. The van der Waals surface area contributed by atoms with Crippen LogP contribution in [-0.4, -0.2) is 40.1 Å². The Labute approximate surface area is 125 Å². The highest BCUT2D eigenvalue weighted by Gasteiger charge is 2.30. The van der Waals surface area contributed by atoms with Gasteiger partial charge in [-0.05, 0) is 6.92 Å². The van der Waals surface area contributed by atoms with Crippen LogP contribution in [0.1, 0.15) is 26.8 Å². The highest BCUT2D eigenvalue weighted by Crippen LogP contribution is 2.24. The number of carbonyl (C=O) groups excluding carboxylic acids is 1. The van der Waals surface area contributed by atoms with E-state index in [9.17, 15) is 13.2 Å². The highest BCUT2D eigenvalue weighted by molar-refractivity contribution is 7.90. The molecule has 1 amide bonds. The summed E-state index contributed by atoms with van der Waals surface area (Å²) in [5, 5.41) is 15.5. The Morgan fingerprint density at radius 3 is 2.81 bits per heavy atom. The van der Waals surface area contributed by atoms with Gasteiger partial charge in [-0.3, -0.25) is 14.8 Å². The normalized spacial score (nSPS) is 16.5. The van der Waals surface area contributed by atoms with Gasteiger partial charge in [-0.25, -0.2) is 8.42 Å². The first-order chi connectivity index (χ1) is 9.85. The van der Waals surface area contributed by atoms with Gasteiger partial charge in [-0.15, -0.1) is 10.2 Å². The lowest BCUT2D eigenvalue weighted by molar-refractivity contribution is 0.102. The molecule has 10 heteroatoms. The summed E-state index contributed by atoms with van der Waals surface area (Å²) in [7, 11) is -1.46. The SMILES string of the molecule is Cc1nnc(NC(=O)c2nn(C)c3c2CS(=O)(=O)CC3)s1. The molecule has 1 N–H and O–H groups in total. The highest BCUT2D eigenvalue weighted by atomic mass is 32.2.